The molecule has 0 unspecified atom stereocenters. The van der Waals surface area contributed by atoms with Gasteiger partial charge in [-0.25, -0.2) is 13.8 Å². The van der Waals surface area contributed by atoms with E-state index in [1.165, 1.54) is 0 Å². The van der Waals surface area contributed by atoms with Crippen LogP contribution in [-0.4, -0.2) is 10.1 Å². The van der Waals surface area contributed by atoms with Crippen molar-refractivity contribution in [3.63, 3.8) is 0 Å². The maximum Gasteiger partial charge on any atom is 0.268 e. The number of rotatable bonds is 2. The van der Waals surface area contributed by atoms with E-state index in [1.54, 1.807) is 0 Å². The summed E-state index contributed by atoms with van der Waals surface area (Å²) < 4.78 is 36.8. The first-order valence-corrected chi connectivity index (χ1v) is 3.40. The second kappa shape index (κ2) is 3.61. The second-order valence-corrected chi connectivity index (χ2v) is 2.36. The van der Waals surface area contributed by atoms with Gasteiger partial charge >= 0.3 is 0 Å². The van der Waals surface area contributed by atoms with Crippen LogP contribution in [0.5, 0.6) is 0 Å². The van der Waals surface area contributed by atoms with Gasteiger partial charge < -0.3 is 10.8 Å². The van der Waals surface area contributed by atoms with Crippen LogP contribution in [0.15, 0.2) is 6.07 Å². The quantitative estimate of drug-likeness (QED) is 0.693. The average molecular weight is 192 g/mol. The highest BCUT2D eigenvalue weighted by molar-refractivity contribution is 5.45. The lowest BCUT2D eigenvalue weighted by Crippen LogP contribution is -2.04. The van der Waals surface area contributed by atoms with Crippen molar-refractivity contribution in [3.8, 4) is 0 Å². The van der Waals surface area contributed by atoms with E-state index in [4.69, 9.17) is 10.8 Å². The minimum absolute atomic E-state index is 0.137. The lowest BCUT2D eigenvalue weighted by atomic mass is 10.2. The van der Waals surface area contributed by atoms with E-state index in [-0.39, 0.29) is 11.4 Å². The van der Waals surface area contributed by atoms with E-state index in [0.29, 0.717) is 0 Å². The molecular weight excluding hydrogens is 185 g/mol. The molecule has 0 atom stereocenters. The maximum absolute atomic E-state index is 12.7. The molecule has 0 aromatic carbocycles. The Bertz CT molecular complexity index is 317. The molecule has 0 saturated heterocycles. The molecular formula is C7H7F3N2O. The Morgan fingerprint density at radius 1 is 1.54 bits per heavy atom. The van der Waals surface area contributed by atoms with Gasteiger partial charge in [0.2, 0.25) is 5.95 Å². The summed E-state index contributed by atoms with van der Waals surface area (Å²) in [6.45, 7) is -0.577. The van der Waals surface area contributed by atoms with E-state index in [2.05, 4.69) is 4.98 Å². The lowest BCUT2D eigenvalue weighted by molar-refractivity contribution is 0.145. The van der Waals surface area contributed by atoms with Crippen LogP contribution in [0.25, 0.3) is 0 Å². The highest BCUT2D eigenvalue weighted by Crippen LogP contribution is 2.24. The van der Waals surface area contributed by atoms with Crippen molar-refractivity contribution < 1.29 is 18.3 Å². The number of halogens is 3. The molecule has 72 valence electrons. The zero-order valence-electron chi connectivity index (χ0n) is 6.47. The summed E-state index contributed by atoms with van der Waals surface area (Å²) in [6.07, 6.45) is -2.96. The van der Waals surface area contributed by atoms with Gasteiger partial charge in [-0.05, 0) is 6.07 Å². The molecule has 0 spiro atoms. The standard InChI is InChI=1S/C7H7F3N2O/c8-6(9)3-1-4(11)5(2-13)12-7(3)10/h1,6,13H,2,11H2. The average Bonchev–Trinajstić information content (AvgIpc) is 2.07. The molecule has 3 N–H and O–H groups in total. The van der Waals surface area contributed by atoms with Gasteiger partial charge in [-0.15, -0.1) is 0 Å². The second-order valence-electron chi connectivity index (χ2n) is 2.36. The van der Waals surface area contributed by atoms with Crippen molar-refractivity contribution in [3.05, 3.63) is 23.3 Å². The van der Waals surface area contributed by atoms with E-state index in [0.717, 1.165) is 6.07 Å². The van der Waals surface area contributed by atoms with Gasteiger partial charge in [-0.3, -0.25) is 0 Å². The number of aliphatic hydroxyl groups excluding tert-OH is 1. The van der Waals surface area contributed by atoms with Crippen molar-refractivity contribution in [2.24, 2.45) is 0 Å². The van der Waals surface area contributed by atoms with Gasteiger partial charge in [-0.2, -0.15) is 4.39 Å². The molecule has 1 aromatic heterocycles. The highest BCUT2D eigenvalue weighted by Gasteiger charge is 2.16. The van der Waals surface area contributed by atoms with Crippen LogP contribution in [0.1, 0.15) is 17.7 Å². The molecule has 0 saturated carbocycles. The molecule has 13 heavy (non-hydrogen) atoms. The zero-order chi connectivity index (χ0) is 10.0. The molecule has 3 nitrogen and oxygen atoms in total. The Labute approximate surface area is 72.0 Å². The molecule has 1 aromatic rings. The molecule has 0 aliphatic carbocycles. The zero-order valence-corrected chi connectivity index (χ0v) is 6.47. The monoisotopic (exact) mass is 192 g/mol. The van der Waals surface area contributed by atoms with Crippen molar-refractivity contribution >= 4 is 5.69 Å². The predicted molar refractivity (Wildman–Crippen MR) is 39.5 cm³/mol. The molecule has 1 heterocycles. The van der Waals surface area contributed by atoms with Crippen molar-refractivity contribution in [1.82, 2.24) is 4.98 Å². The summed E-state index contributed by atoms with van der Waals surface area (Å²) in [6, 6.07) is 0.776. The smallest absolute Gasteiger partial charge is 0.268 e. The third-order valence-electron chi connectivity index (χ3n) is 1.50. The SMILES string of the molecule is Nc1cc(C(F)F)c(F)nc1CO. The molecule has 0 fully saturated rings. The van der Waals surface area contributed by atoms with Crippen molar-refractivity contribution in [2.45, 2.75) is 13.0 Å². The Morgan fingerprint density at radius 3 is 2.62 bits per heavy atom. The van der Waals surface area contributed by atoms with Crippen LogP contribution in [0.3, 0.4) is 0 Å². The summed E-state index contributed by atoms with van der Waals surface area (Å²) in [5.41, 5.74) is 4.09. The predicted octanol–water partition coefficient (Wildman–Crippen LogP) is 1.23. The number of hydrogen-bond acceptors (Lipinski definition) is 3. The van der Waals surface area contributed by atoms with E-state index >= 15 is 0 Å². The summed E-state index contributed by atoms with van der Waals surface area (Å²) in [5.74, 6) is -1.30. The fourth-order valence-corrected chi connectivity index (χ4v) is 0.838. The molecule has 0 radical (unpaired) electrons. The van der Waals surface area contributed by atoms with Crippen LogP contribution >= 0.6 is 0 Å². The van der Waals surface area contributed by atoms with Crippen LogP contribution in [0.4, 0.5) is 18.9 Å². The van der Waals surface area contributed by atoms with Crippen LogP contribution in [0.2, 0.25) is 0 Å². The Morgan fingerprint density at radius 2 is 2.15 bits per heavy atom. The minimum Gasteiger partial charge on any atom is -0.397 e. The molecule has 6 heteroatoms. The third kappa shape index (κ3) is 1.89. The van der Waals surface area contributed by atoms with E-state index < -0.39 is 24.5 Å². The first kappa shape index (κ1) is 9.79. The first-order chi connectivity index (χ1) is 6.06. The topological polar surface area (TPSA) is 59.1 Å². The first-order valence-electron chi connectivity index (χ1n) is 3.40. The third-order valence-corrected chi connectivity index (χ3v) is 1.50. The van der Waals surface area contributed by atoms with Gasteiger partial charge in [0.25, 0.3) is 6.43 Å². The number of hydrogen-bond donors (Lipinski definition) is 2. The molecule has 0 aliphatic rings. The number of alkyl halides is 2. The summed E-state index contributed by atoms with van der Waals surface area (Å²) in [5, 5.41) is 8.58. The lowest BCUT2D eigenvalue weighted by Gasteiger charge is -2.05. The summed E-state index contributed by atoms with van der Waals surface area (Å²) in [7, 11) is 0. The summed E-state index contributed by atoms with van der Waals surface area (Å²) >= 11 is 0. The highest BCUT2D eigenvalue weighted by atomic mass is 19.3. The number of anilines is 1. The van der Waals surface area contributed by atoms with Gasteiger partial charge in [-0.1, -0.05) is 0 Å². The van der Waals surface area contributed by atoms with Gasteiger partial charge in [0.15, 0.2) is 0 Å². The van der Waals surface area contributed by atoms with Gasteiger partial charge in [0.1, 0.15) is 0 Å². The van der Waals surface area contributed by atoms with Gasteiger partial charge in [0, 0.05) is 0 Å². The fraction of sp³-hybridized carbons (Fsp3) is 0.286. The number of nitrogens with two attached hydrogens (primary N) is 1. The molecule has 0 amide bonds. The van der Waals surface area contributed by atoms with E-state index in [1.807, 2.05) is 0 Å². The van der Waals surface area contributed by atoms with E-state index in [9.17, 15) is 13.2 Å². The maximum atomic E-state index is 12.7. The number of aliphatic hydroxyl groups is 1. The van der Waals surface area contributed by atoms with Crippen molar-refractivity contribution in [2.75, 3.05) is 5.73 Å². The summed E-state index contributed by atoms with van der Waals surface area (Å²) in [4.78, 5) is 3.09. The normalized spacial score (nSPS) is 10.8. The Hall–Kier alpha value is -1.30. The molecule has 0 bridgehead atoms. The Kier molecular flexibility index (Phi) is 2.72. The minimum atomic E-state index is -2.96. The number of pyridine rings is 1. The Balaban J connectivity index is 3.20. The van der Waals surface area contributed by atoms with Crippen LogP contribution in [-0.2, 0) is 6.61 Å². The number of nitrogens with zero attached hydrogens (tertiary/aromatic N) is 1. The fourth-order valence-electron chi connectivity index (χ4n) is 0.838. The van der Waals surface area contributed by atoms with Crippen molar-refractivity contribution in [1.29, 1.82) is 0 Å². The number of nitrogen functional groups attached to an aromatic ring is 1. The van der Waals surface area contributed by atoms with Gasteiger partial charge in [0.05, 0.1) is 23.6 Å². The van der Waals surface area contributed by atoms with Crippen LogP contribution in [0, 0.1) is 5.95 Å². The number of aromatic nitrogens is 1. The largest absolute Gasteiger partial charge is 0.397 e. The molecule has 0 aliphatic heterocycles. The molecule has 1 rings (SSSR count). The van der Waals surface area contributed by atoms with Crippen LogP contribution < -0.4 is 5.73 Å².